The molecule has 0 aromatic heterocycles. The molecule has 0 aliphatic carbocycles. The number of aliphatic hydroxyl groups excluding tert-OH is 3. The molecule has 3 unspecified atom stereocenters. The smallest absolute Gasteiger partial charge is 0.222 e. The van der Waals surface area contributed by atoms with Crippen LogP contribution in [0.1, 0.15) is 245 Å². The molecule has 0 aromatic carbocycles. The number of carbonyl (C=O) groups is 1. The van der Waals surface area contributed by atoms with Crippen molar-refractivity contribution in [1.29, 1.82) is 0 Å². The zero-order valence-corrected chi connectivity index (χ0v) is 33.8. The summed E-state index contributed by atoms with van der Waals surface area (Å²) in [5, 5.41) is 33.3. The van der Waals surface area contributed by atoms with Crippen molar-refractivity contribution < 1.29 is 20.1 Å². The van der Waals surface area contributed by atoms with Gasteiger partial charge >= 0.3 is 0 Å². The predicted molar refractivity (Wildman–Crippen MR) is 218 cm³/mol. The van der Waals surface area contributed by atoms with Gasteiger partial charge in [-0.25, -0.2) is 0 Å². The highest BCUT2D eigenvalue weighted by atomic mass is 16.3. The summed E-state index contributed by atoms with van der Waals surface area (Å²) in [6.07, 6.45) is 47.7. The SMILES string of the molecule is CCCCCCCC/C=C\CCCC(O)CC(=O)NC(CO)C(O)CCCCCCCCCCCCCCCCCCCCCCCCCC. The molecule has 4 N–H and O–H groups in total. The summed E-state index contributed by atoms with van der Waals surface area (Å²) in [7, 11) is 0. The summed E-state index contributed by atoms with van der Waals surface area (Å²) in [4.78, 5) is 12.4. The minimum absolute atomic E-state index is 0.0180. The van der Waals surface area contributed by atoms with Crippen molar-refractivity contribution in [3.05, 3.63) is 12.2 Å². The van der Waals surface area contributed by atoms with E-state index in [1.807, 2.05) is 0 Å². The number of nitrogens with one attached hydrogen (secondary N) is 1. The minimum atomic E-state index is -0.752. The van der Waals surface area contributed by atoms with Gasteiger partial charge in [0.15, 0.2) is 0 Å². The molecular formula is C45H89NO4. The van der Waals surface area contributed by atoms with E-state index in [9.17, 15) is 20.1 Å². The van der Waals surface area contributed by atoms with Crippen LogP contribution in [0.25, 0.3) is 0 Å². The summed E-state index contributed by atoms with van der Waals surface area (Å²) in [5.74, 6) is -0.297. The van der Waals surface area contributed by atoms with Gasteiger partial charge in [0.25, 0.3) is 0 Å². The highest BCUT2D eigenvalue weighted by Crippen LogP contribution is 2.17. The maximum atomic E-state index is 12.4. The van der Waals surface area contributed by atoms with Crippen LogP contribution in [0.15, 0.2) is 12.2 Å². The number of unbranched alkanes of at least 4 members (excludes halogenated alkanes) is 30. The van der Waals surface area contributed by atoms with E-state index in [0.717, 1.165) is 32.1 Å². The summed E-state index contributed by atoms with van der Waals surface area (Å²) < 4.78 is 0. The lowest BCUT2D eigenvalue weighted by atomic mass is 10.0. The Kier molecular flexibility index (Phi) is 40.1. The second-order valence-corrected chi connectivity index (χ2v) is 15.7. The zero-order valence-electron chi connectivity index (χ0n) is 33.8. The molecule has 5 heteroatoms. The molecule has 0 aliphatic rings. The molecule has 0 saturated carbocycles. The molecule has 0 spiro atoms. The van der Waals surface area contributed by atoms with Crippen molar-refractivity contribution in [3.63, 3.8) is 0 Å². The number of hydrogen-bond donors (Lipinski definition) is 4. The molecule has 0 rings (SSSR count). The molecule has 0 radical (unpaired) electrons. The Morgan fingerprint density at radius 1 is 0.480 bits per heavy atom. The van der Waals surface area contributed by atoms with Crippen LogP contribution in [-0.2, 0) is 4.79 Å². The van der Waals surface area contributed by atoms with Gasteiger partial charge in [-0.05, 0) is 38.5 Å². The predicted octanol–water partition coefficient (Wildman–Crippen LogP) is 12.8. The summed E-state index contributed by atoms with van der Waals surface area (Å²) in [6, 6.07) is -0.663. The first-order chi connectivity index (χ1) is 24.5. The van der Waals surface area contributed by atoms with Crippen molar-refractivity contribution in [3.8, 4) is 0 Å². The van der Waals surface area contributed by atoms with Crippen LogP contribution in [0.4, 0.5) is 0 Å². The third-order valence-corrected chi connectivity index (χ3v) is 10.6. The Morgan fingerprint density at radius 3 is 1.20 bits per heavy atom. The van der Waals surface area contributed by atoms with E-state index in [1.54, 1.807) is 0 Å². The van der Waals surface area contributed by atoms with E-state index in [4.69, 9.17) is 0 Å². The normalized spacial score (nSPS) is 13.6. The molecule has 50 heavy (non-hydrogen) atoms. The van der Waals surface area contributed by atoms with Crippen LogP contribution in [0.5, 0.6) is 0 Å². The second-order valence-electron chi connectivity index (χ2n) is 15.7. The quantitative estimate of drug-likeness (QED) is 0.0376. The Morgan fingerprint density at radius 2 is 0.820 bits per heavy atom. The largest absolute Gasteiger partial charge is 0.394 e. The van der Waals surface area contributed by atoms with Gasteiger partial charge in [0.1, 0.15) is 0 Å². The maximum Gasteiger partial charge on any atom is 0.222 e. The van der Waals surface area contributed by atoms with E-state index in [-0.39, 0.29) is 18.9 Å². The first-order valence-corrected chi connectivity index (χ1v) is 22.5. The topological polar surface area (TPSA) is 89.8 Å². The summed E-state index contributed by atoms with van der Waals surface area (Å²) >= 11 is 0. The van der Waals surface area contributed by atoms with E-state index in [2.05, 4.69) is 31.3 Å². The van der Waals surface area contributed by atoms with Gasteiger partial charge in [0.05, 0.1) is 31.3 Å². The molecule has 1 amide bonds. The Balaban J connectivity index is 3.55. The van der Waals surface area contributed by atoms with E-state index in [0.29, 0.717) is 12.8 Å². The van der Waals surface area contributed by atoms with Gasteiger partial charge in [0.2, 0.25) is 5.91 Å². The van der Waals surface area contributed by atoms with Crippen LogP contribution in [0.2, 0.25) is 0 Å². The van der Waals surface area contributed by atoms with Gasteiger partial charge in [0, 0.05) is 0 Å². The second kappa shape index (κ2) is 40.9. The van der Waals surface area contributed by atoms with Gasteiger partial charge in [-0.1, -0.05) is 212 Å². The lowest BCUT2D eigenvalue weighted by Crippen LogP contribution is -2.46. The average Bonchev–Trinajstić information content (AvgIpc) is 3.11. The Bertz CT molecular complexity index is 699. The maximum absolute atomic E-state index is 12.4. The highest BCUT2D eigenvalue weighted by Gasteiger charge is 2.21. The lowest BCUT2D eigenvalue weighted by molar-refractivity contribution is -0.125. The van der Waals surface area contributed by atoms with Gasteiger partial charge < -0.3 is 20.6 Å². The van der Waals surface area contributed by atoms with Crippen LogP contribution < -0.4 is 5.32 Å². The Hall–Kier alpha value is -0.910. The molecule has 0 saturated heterocycles. The number of allylic oxidation sites excluding steroid dienone is 2. The minimum Gasteiger partial charge on any atom is -0.394 e. The zero-order chi connectivity index (χ0) is 36.6. The van der Waals surface area contributed by atoms with Gasteiger partial charge in [-0.15, -0.1) is 0 Å². The fourth-order valence-corrected chi connectivity index (χ4v) is 7.11. The first kappa shape index (κ1) is 49.1. The Labute approximate surface area is 312 Å². The molecule has 3 atom stereocenters. The van der Waals surface area contributed by atoms with Gasteiger partial charge in [-0.3, -0.25) is 4.79 Å². The fraction of sp³-hybridized carbons (Fsp3) is 0.933. The first-order valence-electron chi connectivity index (χ1n) is 22.5. The van der Waals surface area contributed by atoms with E-state index in [1.165, 1.54) is 180 Å². The van der Waals surface area contributed by atoms with Crippen molar-refractivity contribution in [2.75, 3.05) is 6.61 Å². The van der Waals surface area contributed by atoms with E-state index < -0.39 is 18.2 Å². The third-order valence-electron chi connectivity index (χ3n) is 10.6. The van der Waals surface area contributed by atoms with Gasteiger partial charge in [-0.2, -0.15) is 0 Å². The molecule has 298 valence electrons. The molecular weight excluding hydrogens is 618 g/mol. The van der Waals surface area contributed by atoms with Crippen molar-refractivity contribution in [2.45, 2.75) is 263 Å². The molecule has 0 aromatic rings. The fourth-order valence-electron chi connectivity index (χ4n) is 7.11. The van der Waals surface area contributed by atoms with Crippen molar-refractivity contribution in [2.24, 2.45) is 0 Å². The molecule has 0 fully saturated rings. The lowest BCUT2D eigenvalue weighted by Gasteiger charge is -2.23. The summed E-state index contributed by atoms with van der Waals surface area (Å²) in [6.45, 7) is 4.25. The number of rotatable bonds is 41. The monoisotopic (exact) mass is 708 g/mol. The number of carbonyl (C=O) groups excluding carboxylic acids is 1. The van der Waals surface area contributed by atoms with Crippen LogP contribution in [-0.4, -0.2) is 46.1 Å². The van der Waals surface area contributed by atoms with Crippen molar-refractivity contribution >= 4 is 5.91 Å². The van der Waals surface area contributed by atoms with Crippen LogP contribution in [0, 0.1) is 0 Å². The third kappa shape index (κ3) is 36.9. The van der Waals surface area contributed by atoms with Crippen molar-refractivity contribution in [1.82, 2.24) is 5.32 Å². The number of hydrogen-bond acceptors (Lipinski definition) is 4. The number of aliphatic hydroxyl groups is 3. The average molecular weight is 708 g/mol. The number of amides is 1. The molecule has 0 aliphatic heterocycles. The molecule has 5 nitrogen and oxygen atoms in total. The molecule has 0 bridgehead atoms. The van der Waals surface area contributed by atoms with Crippen LogP contribution in [0.3, 0.4) is 0 Å². The van der Waals surface area contributed by atoms with E-state index >= 15 is 0 Å². The summed E-state index contributed by atoms with van der Waals surface area (Å²) in [5.41, 5.74) is 0. The highest BCUT2D eigenvalue weighted by molar-refractivity contribution is 5.76. The molecule has 0 heterocycles. The van der Waals surface area contributed by atoms with Crippen LogP contribution >= 0.6 is 0 Å². The standard InChI is InChI=1S/C45H89NO4/c1-3-5-7-9-11-13-15-16-17-18-19-20-21-22-23-24-25-26-27-29-31-33-35-37-39-44(49)43(41-47)46-45(50)40-42(48)38-36-34-32-30-28-14-12-10-8-6-4-2/h30,32,42-44,47-49H,3-29,31,33-41H2,1-2H3,(H,46,50)/b32-30-.